The lowest BCUT2D eigenvalue weighted by Gasteiger charge is -2.24. The summed E-state index contributed by atoms with van der Waals surface area (Å²) in [4.78, 5) is 15.7. The SMILES string of the molecule is Cc1cc(NCC2(C(=O)O)CCCC2)n2ncnc2c1. The zero-order chi connectivity index (χ0) is 14.2. The number of anilines is 1. The Kier molecular flexibility index (Phi) is 3.08. The molecule has 106 valence electrons. The number of aromatic nitrogens is 3. The van der Waals surface area contributed by atoms with Crippen molar-refractivity contribution >= 4 is 17.4 Å². The monoisotopic (exact) mass is 274 g/mol. The van der Waals surface area contributed by atoms with Gasteiger partial charge in [-0.25, -0.2) is 4.98 Å². The van der Waals surface area contributed by atoms with Crippen LogP contribution in [0.2, 0.25) is 0 Å². The van der Waals surface area contributed by atoms with E-state index in [1.807, 2.05) is 19.1 Å². The number of rotatable bonds is 4. The van der Waals surface area contributed by atoms with Crippen molar-refractivity contribution in [1.82, 2.24) is 14.6 Å². The first-order valence-electron chi connectivity index (χ1n) is 6.88. The number of fused-ring (bicyclic) bond motifs is 1. The Balaban J connectivity index is 1.86. The van der Waals surface area contributed by atoms with E-state index in [9.17, 15) is 9.90 Å². The molecule has 0 spiro atoms. The van der Waals surface area contributed by atoms with E-state index in [0.29, 0.717) is 6.54 Å². The Morgan fingerprint density at radius 3 is 2.90 bits per heavy atom. The van der Waals surface area contributed by atoms with Gasteiger partial charge in [0.1, 0.15) is 12.1 Å². The highest BCUT2D eigenvalue weighted by Crippen LogP contribution is 2.38. The van der Waals surface area contributed by atoms with E-state index in [-0.39, 0.29) is 0 Å². The van der Waals surface area contributed by atoms with Gasteiger partial charge in [-0.05, 0) is 37.5 Å². The molecule has 6 heteroatoms. The number of hydrogen-bond acceptors (Lipinski definition) is 4. The number of carboxylic acid groups (broad SMARTS) is 1. The van der Waals surface area contributed by atoms with Crippen LogP contribution in [0.4, 0.5) is 5.82 Å². The predicted molar refractivity (Wildman–Crippen MR) is 74.8 cm³/mol. The summed E-state index contributed by atoms with van der Waals surface area (Å²) >= 11 is 0. The Morgan fingerprint density at radius 1 is 1.45 bits per heavy atom. The lowest BCUT2D eigenvalue weighted by atomic mass is 9.86. The summed E-state index contributed by atoms with van der Waals surface area (Å²) in [5.41, 5.74) is 1.20. The lowest BCUT2D eigenvalue weighted by molar-refractivity contribution is -0.147. The standard InChI is InChI=1S/C14H18N4O2/c1-10-6-11(18-12(7-10)16-9-17-18)15-8-14(13(19)20)4-2-3-5-14/h6-7,9,15H,2-5,8H2,1H3,(H,19,20). The van der Waals surface area contributed by atoms with Crippen LogP contribution in [0, 0.1) is 12.3 Å². The zero-order valence-corrected chi connectivity index (χ0v) is 11.5. The summed E-state index contributed by atoms with van der Waals surface area (Å²) < 4.78 is 1.71. The second kappa shape index (κ2) is 4.77. The van der Waals surface area contributed by atoms with E-state index in [4.69, 9.17) is 0 Å². The minimum Gasteiger partial charge on any atom is -0.481 e. The molecule has 0 unspecified atom stereocenters. The van der Waals surface area contributed by atoms with Crippen molar-refractivity contribution in [2.45, 2.75) is 32.6 Å². The molecule has 0 bridgehead atoms. The van der Waals surface area contributed by atoms with Crippen molar-refractivity contribution in [3.8, 4) is 0 Å². The fourth-order valence-corrected chi connectivity index (χ4v) is 2.96. The maximum absolute atomic E-state index is 11.6. The van der Waals surface area contributed by atoms with E-state index in [1.54, 1.807) is 4.52 Å². The van der Waals surface area contributed by atoms with Crippen LogP contribution in [0.5, 0.6) is 0 Å². The number of carboxylic acids is 1. The van der Waals surface area contributed by atoms with Crippen LogP contribution in [0.25, 0.3) is 5.65 Å². The Labute approximate surface area is 116 Å². The second-order valence-electron chi connectivity index (χ2n) is 5.59. The van der Waals surface area contributed by atoms with Gasteiger partial charge in [0.2, 0.25) is 0 Å². The van der Waals surface area contributed by atoms with Crippen LogP contribution in [0.1, 0.15) is 31.2 Å². The van der Waals surface area contributed by atoms with Gasteiger partial charge in [-0.15, -0.1) is 0 Å². The third kappa shape index (κ3) is 2.11. The third-order valence-electron chi connectivity index (χ3n) is 4.15. The fourth-order valence-electron chi connectivity index (χ4n) is 2.96. The van der Waals surface area contributed by atoms with Crippen molar-refractivity contribution in [2.24, 2.45) is 5.41 Å². The maximum Gasteiger partial charge on any atom is 0.311 e. The normalized spacial score (nSPS) is 17.4. The molecule has 3 rings (SSSR count). The van der Waals surface area contributed by atoms with Gasteiger partial charge in [0.15, 0.2) is 5.65 Å². The van der Waals surface area contributed by atoms with E-state index < -0.39 is 11.4 Å². The Morgan fingerprint density at radius 2 is 2.20 bits per heavy atom. The predicted octanol–water partition coefficient (Wildman–Crippen LogP) is 2.09. The van der Waals surface area contributed by atoms with Crippen LogP contribution >= 0.6 is 0 Å². The molecule has 2 heterocycles. The van der Waals surface area contributed by atoms with E-state index in [0.717, 1.165) is 42.7 Å². The smallest absolute Gasteiger partial charge is 0.311 e. The molecule has 1 fully saturated rings. The summed E-state index contributed by atoms with van der Waals surface area (Å²) in [5.74, 6) is 0.0926. The van der Waals surface area contributed by atoms with Crippen LogP contribution in [0.3, 0.4) is 0 Å². The van der Waals surface area contributed by atoms with Crippen LogP contribution in [0.15, 0.2) is 18.5 Å². The van der Waals surface area contributed by atoms with Gasteiger partial charge in [-0.2, -0.15) is 9.61 Å². The van der Waals surface area contributed by atoms with Crippen molar-refractivity contribution in [3.05, 3.63) is 24.0 Å². The number of carbonyl (C=O) groups is 1. The molecule has 0 radical (unpaired) electrons. The molecule has 0 aliphatic heterocycles. The number of pyridine rings is 1. The molecular weight excluding hydrogens is 256 g/mol. The zero-order valence-electron chi connectivity index (χ0n) is 11.5. The van der Waals surface area contributed by atoms with Crippen molar-refractivity contribution in [1.29, 1.82) is 0 Å². The van der Waals surface area contributed by atoms with Gasteiger partial charge in [0.05, 0.1) is 5.41 Å². The highest BCUT2D eigenvalue weighted by molar-refractivity contribution is 5.76. The molecular formula is C14H18N4O2. The Hall–Kier alpha value is -2.11. The third-order valence-corrected chi connectivity index (χ3v) is 4.15. The molecule has 0 aromatic carbocycles. The highest BCUT2D eigenvalue weighted by Gasteiger charge is 2.41. The van der Waals surface area contributed by atoms with Gasteiger partial charge >= 0.3 is 5.97 Å². The molecule has 0 atom stereocenters. The molecule has 2 N–H and O–H groups in total. The number of nitrogens with zero attached hydrogens (tertiary/aromatic N) is 3. The van der Waals surface area contributed by atoms with Gasteiger partial charge in [-0.1, -0.05) is 12.8 Å². The molecule has 2 aromatic heterocycles. The number of aryl methyl sites for hydroxylation is 1. The van der Waals surface area contributed by atoms with E-state index in [1.165, 1.54) is 6.33 Å². The molecule has 20 heavy (non-hydrogen) atoms. The number of nitrogens with one attached hydrogen (secondary N) is 1. The molecule has 0 amide bonds. The maximum atomic E-state index is 11.6. The summed E-state index contributed by atoms with van der Waals surface area (Å²) in [5, 5.41) is 16.9. The highest BCUT2D eigenvalue weighted by atomic mass is 16.4. The molecule has 6 nitrogen and oxygen atoms in total. The van der Waals surface area contributed by atoms with Crippen molar-refractivity contribution < 1.29 is 9.90 Å². The first-order valence-corrected chi connectivity index (χ1v) is 6.88. The quantitative estimate of drug-likeness (QED) is 0.892. The first kappa shape index (κ1) is 12.9. The van der Waals surface area contributed by atoms with Gasteiger partial charge < -0.3 is 10.4 Å². The van der Waals surface area contributed by atoms with Crippen molar-refractivity contribution in [2.75, 3.05) is 11.9 Å². The van der Waals surface area contributed by atoms with E-state index >= 15 is 0 Å². The minimum atomic E-state index is -0.704. The van der Waals surface area contributed by atoms with Gasteiger partial charge in [0.25, 0.3) is 0 Å². The summed E-state index contributed by atoms with van der Waals surface area (Å²) in [7, 11) is 0. The average molecular weight is 274 g/mol. The van der Waals surface area contributed by atoms with Gasteiger partial charge in [-0.3, -0.25) is 4.79 Å². The molecule has 1 saturated carbocycles. The largest absolute Gasteiger partial charge is 0.481 e. The van der Waals surface area contributed by atoms with Crippen molar-refractivity contribution in [3.63, 3.8) is 0 Å². The summed E-state index contributed by atoms with van der Waals surface area (Å²) in [6.07, 6.45) is 4.95. The molecule has 1 aliphatic rings. The number of hydrogen-bond donors (Lipinski definition) is 2. The molecule has 0 saturated heterocycles. The second-order valence-corrected chi connectivity index (χ2v) is 5.59. The fraction of sp³-hybridized carbons (Fsp3) is 0.500. The topological polar surface area (TPSA) is 79.5 Å². The summed E-state index contributed by atoms with van der Waals surface area (Å²) in [6.45, 7) is 2.42. The van der Waals surface area contributed by atoms with Crippen LogP contribution in [-0.4, -0.2) is 32.2 Å². The van der Waals surface area contributed by atoms with Gasteiger partial charge in [0, 0.05) is 6.54 Å². The average Bonchev–Trinajstić information content (AvgIpc) is 3.04. The summed E-state index contributed by atoms with van der Waals surface area (Å²) in [6, 6.07) is 3.91. The minimum absolute atomic E-state index is 0.431. The van der Waals surface area contributed by atoms with Crippen LogP contribution < -0.4 is 5.32 Å². The van der Waals surface area contributed by atoms with E-state index in [2.05, 4.69) is 15.4 Å². The lowest BCUT2D eigenvalue weighted by Crippen LogP contribution is -2.35. The van der Waals surface area contributed by atoms with Crippen LogP contribution in [-0.2, 0) is 4.79 Å². The Bertz CT molecular complexity index is 644. The number of aliphatic carboxylic acids is 1. The molecule has 2 aromatic rings. The first-order chi connectivity index (χ1) is 9.61. The molecule has 1 aliphatic carbocycles.